The van der Waals surface area contributed by atoms with Crippen LogP contribution >= 0.6 is 23.8 Å². The van der Waals surface area contributed by atoms with Crippen LogP contribution in [0.15, 0.2) is 48.8 Å². The van der Waals surface area contributed by atoms with E-state index in [1.54, 1.807) is 12.4 Å². The van der Waals surface area contributed by atoms with Gasteiger partial charge in [0.15, 0.2) is 5.11 Å². The van der Waals surface area contributed by atoms with Crippen LogP contribution in [-0.4, -0.2) is 16.6 Å². The fourth-order valence-corrected chi connectivity index (χ4v) is 3.60. The molecule has 0 saturated heterocycles. The van der Waals surface area contributed by atoms with E-state index >= 15 is 0 Å². The third-order valence-electron chi connectivity index (χ3n) is 4.52. The van der Waals surface area contributed by atoms with Crippen molar-refractivity contribution in [2.24, 2.45) is 0 Å². The van der Waals surface area contributed by atoms with Crippen molar-refractivity contribution < 1.29 is 0 Å². The lowest BCUT2D eigenvalue weighted by atomic mass is 9.79. The molecule has 0 amide bonds. The molecule has 1 fully saturated rings. The van der Waals surface area contributed by atoms with Gasteiger partial charge in [-0.1, -0.05) is 36.6 Å². The van der Waals surface area contributed by atoms with Gasteiger partial charge in [-0.15, -0.1) is 0 Å². The molecule has 120 valence electrons. The number of anilines is 1. The number of hydrogen-bond acceptors (Lipinski definition) is 2. The summed E-state index contributed by atoms with van der Waals surface area (Å²) in [6, 6.07) is 12.1. The van der Waals surface area contributed by atoms with E-state index in [1.165, 1.54) is 31.2 Å². The van der Waals surface area contributed by atoms with Gasteiger partial charge in [0.25, 0.3) is 0 Å². The van der Waals surface area contributed by atoms with E-state index in [-0.39, 0.29) is 5.41 Å². The number of nitrogens with one attached hydrogen (secondary N) is 2. The number of nitrogens with zero attached hydrogens (tertiary/aromatic N) is 1. The maximum Gasteiger partial charge on any atom is 0.170 e. The van der Waals surface area contributed by atoms with E-state index in [9.17, 15) is 0 Å². The molecule has 5 heteroatoms. The van der Waals surface area contributed by atoms with Gasteiger partial charge in [0, 0.05) is 23.2 Å². The van der Waals surface area contributed by atoms with Crippen LogP contribution in [0.5, 0.6) is 0 Å². The second-order valence-corrected chi connectivity index (χ2v) is 6.89. The molecule has 3 rings (SSSR count). The first kappa shape index (κ1) is 16.2. The Hall–Kier alpha value is -1.65. The molecule has 23 heavy (non-hydrogen) atoms. The van der Waals surface area contributed by atoms with Crippen molar-refractivity contribution in [1.29, 1.82) is 0 Å². The molecular weight excluding hydrogens is 326 g/mol. The highest BCUT2D eigenvalue weighted by Crippen LogP contribution is 2.40. The van der Waals surface area contributed by atoms with Crippen LogP contribution in [0.1, 0.15) is 31.2 Å². The summed E-state index contributed by atoms with van der Waals surface area (Å²) in [5.41, 5.74) is 2.39. The van der Waals surface area contributed by atoms with E-state index in [2.05, 4.69) is 27.8 Å². The fraction of sp³-hybridized carbons (Fsp3) is 0.333. The quantitative estimate of drug-likeness (QED) is 0.798. The minimum absolute atomic E-state index is 0.144. The third-order valence-corrected chi connectivity index (χ3v) is 5.02. The largest absolute Gasteiger partial charge is 0.362 e. The topological polar surface area (TPSA) is 37.0 Å². The minimum Gasteiger partial charge on any atom is -0.362 e. The molecule has 1 saturated carbocycles. The average molecular weight is 346 g/mol. The molecule has 3 nitrogen and oxygen atoms in total. The number of hydrogen-bond donors (Lipinski definition) is 2. The van der Waals surface area contributed by atoms with Crippen molar-refractivity contribution in [2.75, 3.05) is 11.9 Å². The molecule has 2 aromatic rings. The summed E-state index contributed by atoms with van der Waals surface area (Å²) in [5, 5.41) is 7.99. The second kappa shape index (κ2) is 7.28. The Bertz CT molecular complexity index is 652. The van der Waals surface area contributed by atoms with Gasteiger partial charge in [-0.2, -0.15) is 0 Å². The lowest BCUT2D eigenvalue weighted by Crippen LogP contribution is -2.40. The van der Waals surface area contributed by atoms with Gasteiger partial charge in [-0.25, -0.2) is 0 Å². The zero-order chi connectivity index (χ0) is 16.1. The van der Waals surface area contributed by atoms with Gasteiger partial charge in [0.2, 0.25) is 0 Å². The Morgan fingerprint density at radius 3 is 2.57 bits per heavy atom. The molecule has 0 radical (unpaired) electrons. The molecule has 0 unspecified atom stereocenters. The first-order valence-electron chi connectivity index (χ1n) is 7.89. The SMILES string of the molecule is S=C(NCC1(c2ccc(Cl)cc2)CCCC1)Nc1cccnc1. The predicted octanol–water partition coefficient (Wildman–Crippen LogP) is 4.53. The van der Waals surface area contributed by atoms with E-state index < -0.39 is 0 Å². The van der Waals surface area contributed by atoms with Crippen molar-refractivity contribution in [3.63, 3.8) is 0 Å². The van der Waals surface area contributed by atoms with Gasteiger partial charge < -0.3 is 10.6 Å². The first-order valence-corrected chi connectivity index (χ1v) is 8.68. The molecular formula is C18H20ClN3S. The van der Waals surface area contributed by atoms with Crippen molar-refractivity contribution in [1.82, 2.24) is 10.3 Å². The van der Waals surface area contributed by atoms with Crippen molar-refractivity contribution in [3.8, 4) is 0 Å². The van der Waals surface area contributed by atoms with Crippen LogP contribution in [0.25, 0.3) is 0 Å². The van der Waals surface area contributed by atoms with Crippen molar-refractivity contribution in [3.05, 3.63) is 59.4 Å². The molecule has 0 spiro atoms. The van der Waals surface area contributed by atoms with Crippen LogP contribution in [0.3, 0.4) is 0 Å². The first-order chi connectivity index (χ1) is 11.2. The average Bonchev–Trinajstić information content (AvgIpc) is 3.05. The molecule has 0 aliphatic heterocycles. The third kappa shape index (κ3) is 4.01. The molecule has 1 aliphatic rings. The highest BCUT2D eigenvalue weighted by molar-refractivity contribution is 7.80. The fourth-order valence-electron chi connectivity index (χ4n) is 3.28. The van der Waals surface area contributed by atoms with Crippen molar-refractivity contribution in [2.45, 2.75) is 31.1 Å². The summed E-state index contributed by atoms with van der Waals surface area (Å²) in [7, 11) is 0. The summed E-state index contributed by atoms with van der Waals surface area (Å²) in [6.45, 7) is 0.834. The molecule has 0 atom stereocenters. The van der Waals surface area contributed by atoms with Gasteiger partial charge in [-0.3, -0.25) is 4.98 Å². The monoisotopic (exact) mass is 345 g/mol. The highest BCUT2D eigenvalue weighted by atomic mass is 35.5. The van der Waals surface area contributed by atoms with Gasteiger partial charge in [0.1, 0.15) is 0 Å². The van der Waals surface area contributed by atoms with Crippen LogP contribution in [-0.2, 0) is 5.41 Å². The smallest absolute Gasteiger partial charge is 0.170 e. The maximum atomic E-state index is 6.03. The highest BCUT2D eigenvalue weighted by Gasteiger charge is 2.35. The number of aromatic nitrogens is 1. The summed E-state index contributed by atoms with van der Waals surface area (Å²) in [4.78, 5) is 4.08. The second-order valence-electron chi connectivity index (χ2n) is 6.04. The molecule has 1 aromatic heterocycles. The van der Waals surface area contributed by atoms with E-state index in [0.29, 0.717) is 5.11 Å². The minimum atomic E-state index is 0.144. The zero-order valence-corrected chi connectivity index (χ0v) is 14.5. The number of rotatable bonds is 4. The van der Waals surface area contributed by atoms with E-state index in [4.69, 9.17) is 23.8 Å². The Morgan fingerprint density at radius 1 is 1.17 bits per heavy atom. The lowest BCUT2D eigenvalue weighted by molar-refractivity contribution is 0.435. The summed E-state index contributed by atoms with van der Waals surface area (Å²) in [5.74, 6) is 0. The maximum absolute atomic E-state index is 6.03. The summed E-state index contributed by atoms with van der Waals surface area (Å²) >= 11 is 11.4. The van der Waals surface area contributed by atoms with Crippen LogP contribution in [0.2, 0.25) is 5.02 Å². The van der Waals surface area contributed by atoms with Crippen LogP contribution in [0.4, 0.5) is 5.69 Å². The van der Waals surface area contributed by atoms with Gasteiger partial charge >= 0.3 is 0 Å². The zero-order valence-electron chi connectivity index (χ0n) is 12.9. The summed E-state index contributed by atoms with van der Waals surface area (Å²) in [6.07, 6.45) is 8.38. The molecule has 2 N–H and O–H groups in total. The lowest BCUT2D eigenvalue weighted by Gasteiger charge is -2.30. The van der Waals surface area contributed by atoms with E-state index in [0.717, 1.165) is 17.3 Å². The van der Waals surface area contributed by atoms with Gasteiger partial charge in [0.05, 0.1) is 11.9 Å². The summed E-state index contributed by atoms with van der Waals surface area (Å²) < 4.78 is 0. The number of halogens is 1. The Labute approximate surface area is 147 Å². The molecule has 1 aliphatic carbocycles. The number of pyridine rings is 1. The normalized spacial score (nSPS) is 16.0. The standard InChI is InChI=1S/C18H20ClN3S/c19-15-7-5-14(6-8-15)18(9-1-2-10-18)13-21-17(23)22-16-4-3-11-20-12-16/h3-8,11-12H,1-2,9-10,13H2,(H2,21,22,23). The molecule has 1 aromatic carbocycles. The Morgan fingerprint density at radius 2 is 1.91 bits per heavy atom. The number of benzene rings is 1. The van der Waals surface area contributed by atoms with Crippen LogP contribution < -0.4 is 10.6 Å². The van der Waals surface area contributed by atoms with Crippen molar-refractivity contribution >= 4 is 34.6 Å². The Balaban J connectivity index is 1.66. The van der Waals surface area contributed by atoms with E-state index in [1.807, 2.05) is 24.3 Å². The van der Waals surface area contributed by atoms with Crippen LogP contribution in [0, 0.1) is 0 Å². The Kier molecular flexibility index (Phi) is 5.13. The molecule has 1 heterocycles. The van der Waals surface area contributed by atoms with Gasteiger partial charge in [-0.05, 0) is 54.9 Å². The number of thiocarbonyl (C=S) groups is 1. The molecule has 0 bridgehead atoms. The predicted molar refractivity (Wildman–Crippen MR) is 100 cm³/mol.